The van der Waals surface area contributed by atoms with Crippen LogP contribution in [-0.4, -0.2) is 11.7 Å². The van der Waals surface area contributed by atoms with Crippen LogP contribution in [0.25, 0.3) is 0 Å². The fourth-order valence-electron chi connectivity index (χ4n) is 1.71. The third-order valence-corrected chi connectivity index (χ3v) is 2.67. The highest BCUT2D eigenvalue weighted by molar-refractivity contribution is 5.47. The fraction of sp³-hybridized carbons (Fsp3) is 0.462. The number of hydrogen-bond donors (Lipinski definition) is 1. The first-order valence-corrected chi connectivity index (χ1v) is 5.25. The van der Waals surface area contributed by atoms with E-state index in [2.05, 4.69) is 19.9 Å². The highest BCUT2D eigenvalue weighted by atomic mass is 16.3. The Morgan fingerprint density at radius 1 is 1.27 bits per heavy atom. The van der Waals surface area contributed by atoms with Crippen LogP contribution in [0.1, 0.15) is 49.3 Å². The molecule has 0 aliphatic rings. The standard InChI is InChI=1S/C13H17NO/c1-9(2)11-5-4-6-12(10(3)8-15)13(11)7-14/h4-6,9-10,15H,8H2,1-3H3. The summed E-state index contributed by atoms with van der Waals surface area (Å²) in [6.45, 7) is 6.16. The molecule has 0 aliphatic carbocycles. The molecule has 0 spiro atoms. The first kappa shape index (κ1) is 11.7. The van der Waals surface area contributed by atoms with Crippen LogP contribution in [0.15, 0.2) is 18.2 Å². The maximum atomic E-state index is 9.16. The van der Waals surface area contributed by atoms with Gasteiger partial charge in [-0.1, -0.05) is 39.0 Å². The van der Waals surface area contributed by atoms with E-state index in [1.54, 1.807) is 0 Å². The summed E-state index contributed by atoms with van der Waals surface area (Å²) in [7, 11) is 0. The first-order valence-electron chi connectivity index (χ1n) is 5.25. The van der Waals surface area contributed by atoms with Crippen LogP contribution in [0.4, 0.5) is 0 Å². The minimum absolute atomic E-state index is 0.0262. The van der Waals surface area contributed by atoms with Gasteiger partial charge in [0.2, 0.25) is 0 Å². The Bertz CT molecular complexity index is 377. The van der Waals surface area contributed by atoms with Crippen molar-refractivity contribution in [2.24, 2.45) is 0 Å². The summed E-state index contributed by atoms with van der Waals surface area (Å²) in [6, 6.07) is 8.11. The zero-order chi connectivity index (χ0) is 11.4. The summed E-state index contributed by atoms with van der Waals surface area (Å²) in [6.07, 6.45) is 0. The second kappa shape index (κ2) is 4.95. The Labute approximate surface area is 91.2 Å². The smallest absolute Gasteiger partial charge is 0.0997 e. The molecule has 2 heteroatoms. The largest absolute Gasteiger partial charge is 0.396 e. The van der Waals surface area contributed by atoms with Crippen molar-refractivity contribution in [2.75, 3.05) is 6.61 Å². The molecule has 0 fully saturated rings. The minimum atomic E-state index is 0.0262. The van der Waals surface area contributed by atoms with Crippen molar-refractivity contribution in [3.8, 4) is 6.07 Å². The third-order valence-electron chi connectivity index (χ3n) is 2.67. The van der Waals surface area contributed by atoms with E-state index < -0.39 is 0 Å². The van der Waals surface area contributed by atoms with Crippen molar-refractivity contribution in [3.05, 3.63) is 34.9 Å². The van der Waals surface area contributed by atoms with Crippen LogP contribution in [-0.2, 0) is 0 Å². The number of hydrogen-bond acceptors (Lipinski definition) is 2. The third kappa shape index (κ3) is 2.37. The number of aliphatic hydroxyl groups is 1. The molecule has 0 saturated heterocycles. The number of nitriles is 1. The van der Waals surface area contributed by atoms with Crippen LogP contribution >= 0.6 is 0 Å². The summed E-state index contributed by atoms with van der Waals surface area (Å²) in [5.74, 6) is 0.365. The quantitative estimate of drug-likeness (QED) is 0.820. The molecule has 1 atom stereocenters. The average molecular weight is 203 g/mol. The van der Waals surface area contributed by atoms with Gasteiger partial charge in [0.05, 0.1) is 11.6 Å². The van der Waals surface area contributed by atoms with Crippen LogP contribution in [0, 0.1) is 11.3 Å². The predicted octanol–water partition coefficient (Wildman–Crippen LogP) is 2.78. The van der Waals surface area contributed by atoms with Gasteiger partial charge in [-0.05, 0) is 17.0 Å². The SMILES string of the molecule is CC(C)c1cccc(C(C)CO)c1C#N. The van der Waals surface area contributed by atoms with Crippen LogP contribution in [0.2, 0.25) is 0 Å². The van der Waals surface area contributed by atoms with Gasteiger partial charge in [-0.25, -0.2) is 0 Å². The van der Waals surface area contributed by atoms with E-state index >= 15 is 0 Å². The molecular formula is C13H17NO. The molecule has 0 radical (unpaired) electrons. The molecular weight excluding hydrogens is 186 g/mol. The maximum Gasteiger partial charge on any atom is 0.0997 e. The molecule has 1 aromatic carbocycles. The minimum Gasteiger partial charge on any atom is -0.396 e. The van der Waals surface area contributed by atoms with Gasteiger partial charge in [0, 0.05) is 12.5 Å². The topological polar surface area (TPSA) is 44.0 Å². The van der Waals surface area contributed by atoms with Crippen molar-refractivity contribution in [1.29, 1.82) is 5.26 Å². The lowest BCUT2D eigenvalue weighted by atomic mass is 9.89. The second-order valence-corrected chi connectivity index (χ2v) is 4.16. The lowest BCUT2D eigenvalue weighted by Gasteiger charge is -2.15. The summed E-state index contributed by atoms with van der Waals surface area (Å²) < 4.78 is 0. The van der Waals surface area contributed by atoms with E-state index in [1.165, 1.54) is 0 Å². The van der Waals surface area contributed by atoms with Crippen molar-refractivity contribution >= 4 is 0 Å². The Kier molecular flexibility index (Phi) is 3.88. The van der Waals surface area contributed by atoms with E-state index in [0.29, 0.717) is 5.92 Å². The monoisotopic (exact) mass is 203 g/mol. The maximum absolute atomic E-state index is 9.16. The van der Waals surface area contributed by atoms with Crippen molar-refractivity contribution in [3.63, 3.8) is 0 Å². The molecule has 1 aromatic rings. The normalized spacial score (nSPS) is 12.5. The second-order valence-electron chi connectivity index (χ2n) is 4.16. The van der Waals surface area contributed by atoms with E-state index in [9.17, 15) is 0 Å². The zero-order valence-electron chi connectivity index (χ0n) is 9.49. The molecule has 0 heterocycles. The predicted molar refractivity (Wildman–Crippen MR) is 60.7 cm³/mol. The lowest BCUT2D eigenvalue weighted by molar-refractivity contribution is 0.273. The van der Waals surface area contributed by atoms with Gasteiger partial charge < -0.3 is 5.11 Å². The molecule has 0 amide bonds. The highest BCUT2D eigenvalue weighted by Crippen LogP contribution is 2.26. The van der Waals surface area contributed by atoms with Crippen molar-refractivity contribution in [2.45, 2.75) is 32.6 Å². The summed E-state index contributed by atoms with van der Waals surface area (Å²) >= 11 is 0. The zero-order valence-corrected chi connectivity index (χ0v) is 9.49. The fourth-order valence-corrected chi connectivity index (χ4v) is 1.71. The number of rotatable bonds is 3. The van der Waals surface area contributed by atoms with Gasteiger partial charge in [0.25, 0.3) is 0 Å². The molecule has 80 valence electrons. The Morgan fingerprint density at radius 3 is 2.33 bits per heavy atom. The van der Waals surface area contributed by atoms with Gasteiger partial charge >= 0.3 is 0 Å². The molecule has 0 aromatic heterocycles. The van der Waals surface area contributed by atoms with Gasteiger partial charge in [0.1, 0.15) is 0 Å². The number of nitrogens with zero attached hydrogens (tertiary/aromatic N) is 1. The highest BCUT2D eigenvalue weighted by Gasteiger charge is 2.14. The number of aliphatic hydroxyl groups excluding tert-OH is 1. The van der Waals surface area contributed by atoms with Crippen LogP contribution in [0.5, 0.6) is 0 Å². The van der Waals surface area contributed by atoms with E-state index in [1.807, 2.05) is 25.1 Å². The van der Waals surface area contributed by atoms with Gasteiger partial charge in [-0.2, -0.15) is 5.26 Å². The molecule has 15 heavy (non-hydrogen) atoms. The van der Waals surface area contributed by atoms with E-state index in [4.69, 9.17) is 10.4 Å². The summed E-state index contributed by atoms with van der Waals surface area (Å²) in [5.41, 5.74) is 2.75. The summed E-state index contributed by atoms with van der Waals surface area (Å²) in [4.78, 5) is 0. The molecule has 1 N–H and O–H groups in total. The number of benzene rings is 1. The molecule has 0 saturated carbocycles. The molecule has 0 bridgehead atoms. The molecule has 2 nitrogen and oxygen atoms in total. The van der Waals surface area contributed by atoms with Crippen LogP contribution in [0.3, 0.4) is 0 Å². The molecule has 1 unspecified atom stereocenters. The van der Waals surface area contributed by atoms with Gasteiger partial charge in [0.15, 0.2) is 0 Å². The molecule has 1 rings (SSSR count). The van der Waals surface area contributed by atoms with Gasteiger partial charge in [-0.3, -0.25) is 0 Å². The first-order chi connectivity index (χ1) is 7.11. The van der Waals surface area contributed by atoms with Crippen LogP contribution < -0.4 is 0 Å². The molecule has 0 aliphatic heterocycles. The Balaban J connectivity index is 3.30. The summed E-state index contributed by atoms with van der Waals surface area (Å²) in [5, 5.41) is 18.3. The lowest BCUT2D eigenvalue weighted by Crippen LogP contribution is -2.05. The van der Waals surface area contributed by atoms with Crippen molar-refractivity contribution < 1.29 is 5.11 Å². The van der Waals surface area contributed by atoms with Crippen molar-refractivity contribution in [1.82, 2.24) is 0 Å². The van der Waals surface area contributed by atoms with E-state index in [0.717, 1.165) is 16.7 Å². The van der Waals surface area contributed by atoms with Gasteiger partial charge in [-0.15, -0.1) is 0 Å². The Hall–Kier alpha value is -1.33. The Morgan fingerprint density at radius 2 is 1.87 bits per heavy atom. The average Bonchev–Trinajstić information content (AvgIpc) is 2.26. The van der Waals surface area contributed by atoms with E-state index in [-0.39, 0.29) is 12.5 Å².